The molecule has 1 aromatic rings. The highest BCUT2D eigenvalue weighted by molar-refractivity contribution is 6.30. The standard InChI is InChI=1S/C11H13ClN4O2/c1-5-9(12)13-6(2)14-10(5)15-7-3-4-8(17)16-11(7)18/h7H,3-4H2,1-2H3,(H,13,14,15)(H,16,17,18). The van der Waals surface area contributed by atoms with E-state index in [1.165, 1.54) is 0 Å². The van der Waals surface area contributed by atoms with E-state index < -0.39 is 6.04 Å². The number of carbonyl (C=O) groups excluding carboxylic acids is 2. The van der Waals surface area contributed by atoms with E-state index in [1.54, 1.807) is 13.8 Å². The Balaban J connectivity index is 2.19. The zero-order chi connectivity index (χ0) is 13.3. The Labute approximate surface area is 109 Å². The maximum absolute atomic E-state index is 11.6. The number of aromatic nitrogens is 2. The molecule has 1 saturated heterocycles. The summed E-state index contributed by atoms with van der Waals surface area (Å²) in [4.78, 5) is 30.9. The lowest BCUT2D eigenvalue weighted by atomic mass is 10.1. The van der Waals surface area contributed by atoms with Gasteiger partial charge in [-0.15, -0.1) is 0 Å². The predicted molar refractivity (Wildman–Crippen MR) is 66.3 cm³/mol. The number of rotatable bonds is 2. The van der Waals surface area contributed by atoms with Gasteiger partial charge >= 0.3 is 0 Å². The van der Waals surface area contributed by atoms with Crippen LogP contribution in [0.15, 0.2) is 0 Å². The molecule has 2 rings (SSSR count). The summed E-state index contributed by atoms with van der Waals surface area (Å²) in [5.74, 6) is 0.479. The number of hydrogen-bond donors (Lipinski definition) is 2. The molecule has 0 radical (unpaired) electrons. The fraction of sp³-hybridized carbons (Fsp3) is 0.455. The zero-order valence-electron chi connectivity index (χ0n) is 10.1. The van der Waals surface area contributed by atoms with E-state index in [2.05, 4.69) is 20.6 Å². The number of halogens is 1. The van der Waals surface area contributed by atoms with Crippen LogP contribution in [0.4, 0.5) is 5.82 Å². The molecule has 1 fully saturated rings. The smallest absolute Gasteiger partial charge is 0.249 e. The van der Waals surface area contributed by atoms with Gasteiger partial charge in [-0.1, -0.05) is 11.6 Å². The number of piperidine rings is 1. The first-order valence-corrected chi connectivity index (χ1v) is 5.96. The molecule has 2 heterocycles. The molecule has 2 amide bonds. The molecule has 0 aromatic carbocycles. The lowest BCUT2D eigenvalue weighted by molar-refractivity contribution is -0.133. The summed E-state index contributed by atoms with van der Waals surface area (Å²) in [6.45, 7) is 3.50. The highest BCUT2D eigenvalue weighted by atomic mass is 35.5. The number of imide groups is 1. The summed E-state index contributed by atoms with van der Waals surface area (Å²) in [7, 11) is 0. The van der Waals surface area contributed by atoms with Crippen molar-refractivity contribution in [1.82, 2.24) is 15.3 Å². The normalized spacial score (nSPS) is 19.6. The molecular formula is C11H13ClN4O2. The van der Waals surface area contributed by atoms with Crippen LogP contribution in [0.2, 0.25) is 5.15 Å². The second-order valence-corrected chi connectivity index (χ2v) is 4.54. The van der Waals surface area contributed by atoms with Crippen molar-refractivity contribution in [3.8, 4) is 0 Å². The second kappa shape index (κ2) is 4.89. The summed E-state index contributed by atoms with van der Waals surface area (Å²) in [6.07, 6.45) is 0.769. The molecule has 18 heavy (non-hydrogen) atoms. The van der Waals surface area contributed by atoms with Gasteiger partial charge in [0.2, 0.25) is 11.8 Å². The van der Waals surface area contributed by atoms with Gasteiger partial charge < -0.3 is 5.32 Å². The lowest BCUT2D eigenvalue weighted by Crippen LogP contribution is -2.47. The number of amides is 2. The Hall–Kier alpha value is -1.69. The van der Waals surface area contributed by atoms with Crippen molar-refractivity contribution in [2.24, 2.45) is 0 Å². The zero-order valence-corrected chi connectivity index (χ0v) is 10.8. The first kappa shape index (κ1) is 12.8. The van der Waals surface area contributed by atoms with E-state index in [0.29, 0.717) is 35.2 Å². The minimum Gasteiger partial charge on any atom is -0.358 e. The van der Waals surface area contributed by atoms with E-state index in [0.717, 1.165) is 0 Å². The highest BCUT2D eigenvalue weighted by Crippen LogP contribution is 2.21. The van der Waals surface area contributed by atoms with E-state index in [9.17, 15) is 9.59 Å². The van der Waals surface area contributed by atoms with Gasteiger partial charge in [-0.2, -0.15) is 0 Å². The average Bonchev–Trinajstić information content (AvgIpc) is 2.29. The van der Waals surface area contributed by atoms with Crippen molar-refractivity contribution in [1.29, 1.82) is 0 Å². The molecule has 1 atom stereocenters. The lowest BCUT2D eigenvalue weighted by Gasteiger charge is -2.23. The molecule has 96 valence electrons. The molecular weight excluding hydrogens is 256 g/mol. The summed E-state index contributed by atoms with van der Waals surface area (Å²) in [6, 6.07) is -0.466. The Morgan fingerprint density at radius 2 is 2.06 bits per heavy atom. The fourth-order valence-corrected chi connectivity index (χ4v) is 1.94. The summed E-state index contributed by atoms with van der Waals surface area (Å²) in [5, 5.41) is 5.64. The average molecular weight is 269 g/mol. The van der Waals surface area contributed by atoms with Crippen LogP contribution in [0.1, 0.15) is 24.2 Å². The largest absolute Gasteiger partial charge is 0.358 e. The van der Waals surface area contributed by atoms with Crippen molar-refractivity contribution < 1.29 is 9.59 Å². The van der Waals surface area contributed by atoms with Crippen LogP contribution < -0.4 is 10.6 Å². The molecule has 1 aliphatic rings. The number of anilines is 1. The van der Waals surface area contributed by atoms with Crippen LogP contribution in [0.25, 0.3) is 0 Å². The van der Waals surface area contributed by atoms with Gasteiger partial charge in [0.05, 0.1) is 0 Å². The second-order valence-electron chi connectivity index (χ2n) is 4.18. The van der Waals surface area contributed by atoms with Crippen LogP contribution >= 0.6 is 11.6 Å². The topological polar surface area (TPSA) is 84.0 Å². The van der Waals surface area contributed by atoms with Gasteiger partial charge in [0.25, 0.3) is 0 Å². The number of hydrogen-bond acceptors (Lipinski definition) is 5. The first-order valence-electron chi connectivity index (χ1n) is 5.58. The number of nitrogens with zero attached hydrogens (tertiary/aromatic N) is 2. The molecule has 0 bridgehead atoms. The van der Waals surface area contributed by atoms with Crippen LogP contribution in [0, 0.1) is 13.8 Å². The summed E-state index contributed by atoms with van der Waals surface area (Å²) in [5.41, 5.74) is 0.687. The Morgan fingerprint density at radius 3 is 2.72 bits per heavy atom. The molecule has 0 aliphatic carbocycles. The van der Waals surface area contributed by atoms with E-state index in [-0.39, 0.29) is 11.8 Å². The third-order valence-corrected chi connectivity index (χ3v) is 3.12. The molecule has 0 spiro atoms. The SMILES string of the molecule is Cc1nc(Cl)c(C)c(NC2CCC(=O)NC2=O)n1. The molecule has 0 saturated carbocycles. The summed E-state index contributed by atoms with van der Waals surface area (Å²) < 4.78 is 0. The number of carbonyl (C=O) groups is 2. The van der Waals surface area contributed by atoms with Gasteiger partial charge in [-0.25, -0.2) is 9.97 Å². The van der Waals surface area contributed by atoms with Gasteiger partial charge in [0.1, 0.15) is 22.8 Å². The number of aryl methyl sites for hydroxylation is 1. The van der Waals surface area contributed by atoms with Crippen LogP contribution in [0.5, 0.6) is 0 Å². The molecule has 6 nitrogen and oxygen atoms in total. The van der Waals surface area contributed by atoms with Gasteiger partial charge in [0.15, 0.2) is 0 Å². The van der Waals surface area contributed by atoms with Gasteiger partial charge in [0, 0.05) is 12.0 Å². The van der Waals surface area contributed by atoms with E-state index >= 15 is 0 Å². The maximum Gasteiger partial charge on any atom is 0.249 e. The van der Waals surface area contributed by atoms with Crippen LogP contribution in [-0.2, 0) is 9.59 Å². The van der Waals surface area contributed by atoms with Gasteiger partial charge in [-0.3, -0.25) is 14.9 Å². The Morgan fingerprint density at radius 1 is 1.33 bits per heavy atom. The maximum atomic E-state index is 11.6. The van der Waals surface area contributed by atoms with Crippen molar-refractivity contribution in [2.45, 2.75) is 32.7 Å². The Bertz CT molecular complexity index is 518. The minimum absolute atomic E-state index is 0.244. The molecule has 1 unspecified atom stereocenters. The third kappa shape index (κ3) is 2.59. The highest BCUT2D eigenvalue weighted by Gasteiger charge is 2.27. The molecule has 1 aromatic heterocycles. The minimum atomic E-state index is -0.466. The van der Waals surface area contributed by atoms with Crippen molar-refractivity contribution >= 4 is 29.2 Å². The van der Waals surface area contributed by atoms with Crippen LogP contribution in [-0.4, -0.2) is 27.8 Å². The predicted octanol–water partition coefficient (Wildman–Crippen LogP) is 0.964. The monoisotopic (exact) mass is 268 g/mol. The number of nitrogens with one attached hydrogen (secondary N) is 2. The Kier molecular flexibility index (Phi) is 3.47. The molecule has 7 heteroatoms. The van der Waals surface area contributed by atoms with Crippen molar-refractivity contribution in [2.75, 3.05) is 5.32 Å². The van der Waals surface area contributed by atoms with E-state index in [1.807, 2.05) is 0 Å². The van der Waals surface area contributed by atoms with Crippen molar-refractivity contribution in [3.63, 3.8) is 0 Å². The van der Waals surface area contributed by atoms with Crippen molar-refractivity contribution in [3.05, 3.63) is 16.5 Å². The summed E-state index contributed by atoms with van der Waals surface area (Å²) >= 11 is 5.95. The van der Waals surface area contributed by atoms with E-state index in [4.69, 9.17) is 11.6 Å². The van der Waals surface area contributed by atoms with Gasteiger partial charge in [-0.05, 0) is 20.3 Å². The third-order valence-electron chi connectivity index (χ3n) is 2.75. The fourth-order valence-electron chi connectivity index (χ4n) is 1.73. The van der Waals surface area contributed by atoms with Crippen LogP contribution in [0.3, 0.4) is 0 Å². The first-order chi connectivity index (χ1) is 8.47. The quantitative estimate of drug-likeness (QED) is 0.617. The molecule has 2 N–H and O–H groups in total. The molecule has 1 aliphatic heterocycles.